The molecule has 1 saturated heterocycles. The van der Waals surface area contributed by atoms with Gasteiger partial charge in [-0.3, -0.25) is 14.3 Å². The van der Waals surface area contributed by atoms with Crippen molar-refractivity contribution in [3.05, 3.63) is 84.4 Å². The fourth-order valence-electron chi connectivity index (χ4n) is 3.24. The third-order valence-corrected chi connectivity index (χ3v) is 7.43. The second-order valence-electron chi connectivity index (χ2n) is 7.16. The predicted molar refractivity (Wildman–Crippen MR) is 122 cm³/mol. The van der Waals surface area contributed by atoms with Crippen LogP contribution in [0.4, 0.5) is 11.4 Å². The number of aryl methyl sites for hydroxylation is 1. The number of hydrogen-bond donors (Lipinski definition) is 1. The summed E-state index contributed by atoms with van der Waals surface area (Å²) in [5.41, 5.74) is 2.05. The van der Waals surface area contributed by atoms with E-state index in [0.717, 1.165) is 10.5 Å². The van der Waals surface area contributed by atoms with Gasteiger partial charge in [-0.05, 0) is 55.5 Å². The average Bonchev–Trinajstić information content (AvgIpc) is 3.03. The molecule has 3 aromatic carbocycles. The lowest BCUT2D eigenvalue weighted by Crippen LogP contribution is -2.31. The van der Waals surface area contributed by atoms with E-state index in [2.05, 4.69) is 4.72 Å². The van der Waals surface area contributed by atoms with Crippen LogP contribution in [0.2, 0.25) is 0 Å². The zero-order valence-corrected chi connectivity index (χ0v) is 18.3. The lowest BCUT2D eigenvalue weighted by molar-refractivity contribution is -0.121. The molecule has 6 nitrogen and oxygen atoms in total. The van der Waals surface area contributed by atoms with Gasteiger partial charge in [0, 0.05) is 17.0 Å². The smallest absolute Gasteiger partial charge is 0.261 e. The molecule has 0 spiro atoms. The van der Waals surface area contributed by atoms with Gasteiger partial charge in [0.25, 0.3) is 10.0 Å². The molecule has 0 saturated carbocycles. The Balaban J connectivity index is 1.44. The minimum Gasteiger partial charge on any atom is -0.280 e. The molecule has 1 aliphatic rings. The number of imide groups is 1. The number of thioether (sulfide) groups is 1. The second-order valence-corrected chi connectivity index (χ2v) is 10.1. The van der Waals surface area contributed by atoms with Gasteiger partial charge >= 0.3 is 0 Å². The summed E-state index contributed by atoms with van der Waals surface area (Å²) in [5, 5.41) is -0.513. The summed E-state index contributed by atoms with van der Waals surface area (Å²) >= 11 is 1.30. The van der Waals surface area contributed by atoms with E-state index in [4.69, 9.17) is 0 Å². The van der Waals surface area contributed by atoms with E-state index in [-0.39, 0.29) is 23.1 Å². The van der Waals surface area contributed by atoms with Crippen molar-refractivity contribution in [2.45, 2.75) is 28.4 Å². The SMILES string of the molecule is Cc1ccc(N2C(=O)CC(Sc3ccc(NS(=O)(=O)c4ccccc4)cc3)C2=O)cc1. The predicted octanol–water partition coefficient (Wildman–Crippen LogP) is 4.22. The number of nitrogens with one attached hydrogen (secondary N) is 1. The number of carbonyl (C=O) groups is 2. The maximum atomic E-state index is 12.8. The summed E-state index contributed by atoms with van der Waals surface area (Å²) in [6, 6.07) is 22.1. The van der Waals surface area contributed by atoms with Gasteiger partial charge in [-0.15, -0.1) is 11.8 Å². The average molecular weight is 453 g/mol. The Morgan fingerprint density at radius 3 is 2.19 bits per heavy atom. The molecule has 0 bridgehead atoms. The molecule has 0 radical (unpaired) electrons. The third kappa shape index (κ3) is 4.65. The summed E-state index contributed by atoms with van der Waals surface area (Å²) in [6.45, 7) is 1.94. The molecule has 1 unspecified atom stereocenters. The molecule has 31 heavy (non-hydrogen) atoms. The first-order valence-electron chi connectivity index (χ1n) is 9.61. The van der Waals surface area contributed by atoms with E-state index < -0.39 is 15.3 Å². The molecule has 0 aliphatic carbocycles. The first-order chi connectivity index (χ1) is 14.8. The van der Waals surface area contributed by atoms with E-state index in [9.17, 15) is 18.0 Å². The highest BCUT2D eigenvalue weighted by Crippen LogP contribution is 2.34. The Morgan fingerprint density at radius 1 is 0.903 bits per heavy atom. The summed E-state index contributed by atoms with van der Waals surface area (Å²) in [5.74, 6) is -0.466. The van der Waals surface area contributed by atoms with Gasteiger partial charge in [-0.1, -0.05) is 35.9 Å². The molecule has 1 fully saturated rings. The number of amides is 2. The Labute approximate surface area is 185 Å². The number of benzene rings is 3. The van der Waals surface area contributed by atoms with Crippen LogP contribution in [0.5, 0.6) is 0 Å². The second kappa shape index (κ2) is 8.56. The number of anilines is 2. The number of rotatable bonds is 6. The van der Waals surface area contributed by atoms with Gasteiger partial charge in [-0.25, -0.2) is 13.3 Å². The lowest BCUT2D eigenvalue weighted by Gasteiger charge is -2.15. The van der Waals surface area contributed by atoms with Crippen LogP contribution in [0.3, 0.4) is 0 Å². The maximum Gasteiger partial charge on any atom is 0.261 e. The van der Waals surface area contributed by atoms with E-state index >= 15 is 0 Å². The van der Waals surface area contributed by atoms with Crippen molar-refractivity contribution in [1.82, 2.24) is 0 Å². The van der Waals surface area contributed by atoms with Gasteiger partial charge in [0.05, 0.1) is 15.8 Å². The summed E-state index contributed by atoms with van der Waals surface area (Å²) < 4.78 is 27.4. The number of hydrogen-bond acceptors (Lipinski definition) is 5. The molecule has 4 rings (SSSR count). The van der Waals surface area contributed by atoms with Crippen molar-refractivity contribution in [3.63, 3.8) is 0 Å². The Kier molecular flexibility index (Phi) is 5.84. The topological polar surface area (TPSA) is 83.6 Å². The van der Waals surface area contributed by atoms with Crippen molar-refractivity contribution in [1.29, 1.82) is 0 Å². The standard InChI is InChI=1S/C23H20N2O4S2/c1-16-7-11-18(12-8-16)25-22(26)15-21(23(25)27)30-19-13-9-17(10-14-19)24-31(28,29)20-5-3-2-4-6-20/h2-14,21,24H,15H2,1H3. The fraction of sp³-hybridized carbons (Fsp3) is 0.130. The van der Waals surface area contributed by atoms with Gasteiger partial charge in [-0.2, -0.15) is 0 Å². The van der Waals surface area contributed by atoms with Gasteiger partial charge < -0.3 is 0 Å². The highest BCUT2D eigenvalue weighted by Gasteiger charge is 2.40. The lowest BCUT2D eigenvalue weighted by atomic mass is 10.2. The van der Waals surface area contributed by atoms with Crippen molar-refractivity contribution in [3.8, 4) is 0 Å². The van der Waals surface area contributed by atoms with E-state index in [1.807, 2.05) is 19.1 Å². The molecule has 0 aromatic heterocycles. The summed E-state index contributed by atoms with van der Waals surface area (Å²) in [6.07, 6.45) is 0.125. The minimum atomic E-state index is -3.67. The first kappa shape index (κ1) is 21.1. The number of nitrogens with zero attached hydrogens (tertiary/aromatic N) is 1. The van der Waals surface area contributed by atoms with Gasteiger partial charge in [0.1, 0.15) is 0 Å². The molecular formula is C23H20N2O4S2. The third-order valence-electron chi connectivity index (χ3n) is 4.84. The van der Waals surface area contributed by atoms with Crippen LogP contribution in [0.1, 0.15) is 12.0 Å². The van der Waals surface area contributed by atoms with Crippen molar-refractivity contribution >= 4 is 45.0 Å². The number of carbonyl (C=O) groups excluding carboxylic acids is 2. The molecule has 1 aliphatic heterocycles. The normalized spacial score (nSPS) is 16.5. The van der Waals surface area contributed by atoms with Crippen LogP contribution in [0, 0.1) is 6.92 Å². The van der Waals surface area contributed by atoms with Crippen LogP contribution in [0.15, 0.2) is 88.7 Å². The van der Waals surface area contributed by atoms with Gasteiger partial charge in [0.2, 0.25) is 11.8 Å². The summed E-state index contributed by atoms with van der Waals surface area (Å²) in [7, 11) is -3.67. The fourth-order valence-corrected chi connectivity index (χ4v) is 5.37. The molecule has 3 aromatic rings. The maximum absolute atomic E-state index is 12.8. The largest absolute Gasteiger partial charge is 0.280 e. The first-order valence-corrected chi connectivity index (χ1v) is 12.0. The Bertz CT molecular complexity index is 1210. The highest BCUT2D eigenvalue weighted by molar-refractivity contribution is 8.00. The van der Waals surface area contributed by atoms with Crippen LogP contribution < -0.4 is 9.62 Å². The van der Waals surface area contributed by atoms with Gasteiger partial charge in [0.15, 0.2) is 0 Å². The van der Waals surface area contributed by atoms with Crippen LogP contribution in [-0.4, -0.2) is 25.5 Å². The number of sulfonamides is 1. The molecular weight excluding hydrogens is 432 g/mol. The summed E-state index contributed by atoms with van der Waals surface area (Å²) in [4.78, 5) is 27.4. The molecule has 1 N–H and O–H groups in total. The monoisotopic (exact) mass is 452 g/mol. The zero-order valence-electron chi connectivity index (χ0n) is 16.7. The molecule has 158 valence electrons. The van der Waals surface area contributed by atoms with Crippen LogP contribution in [-0.2, 0) is 19.6 Å². The van der Waals surface area contributed by atoms with Crippen LogP contribution >= 0.6 is 11.8 Å². The molecule has 1 atom stereocenters. The highest BCUT2D eigenvalue weighted by atomic mass is 32.2. The Morgan fingerprint density at radius 2 is 1.55 bits per heavy atom. The molecule has 1 heterocycles. The molecule has 8 heteroatoms. The van der Waals surface area contributed by atoms with Crippen molar-refractivity contribution in [2.24, 2.45) is 0 Å². The molecule has 2 amide bonds. The van der Waals surface area contributed by atoms with Crippen LogP contribution in [0.25, 0.3) is 0 Å². The van der Waals surface area contributed by atoms with E-state index in [1.165, 1.54) is 28.8 Å². The van der Waals surface area contributed by atoms with E-state index in [0.29, 0.717) is 11.4 Å². The van der Waals surface area contributed by atoms with Crippen molar-refractivity contribution in [2.75, 3.05) is 9.62 Å². The quantitative estimate of drug-likeness (QED) is 0.566. The Hall–Kier alpha value is -3.10. The van der Waals surface area contributed by atoms with Crippen molar-refractivity contribution < 1.29 is 18.0 Å². The zero-order chi connectivity index (χ0) is 22.0. The van der Waals surface area contributed by atoms with E-state index in [1.54, 1.807) is 54.6 Å². The minimum absolute atomic E-state index is 0.125.